The van der Waals surface area contributed by atoms with Gasteiger partial charge in [0.2, 0.25) is 0 Å². The molecule has 2 saturated heterocycles. The third-order valence-electron chi connectivity index (χ3n) is 4.30. The van der Waals surface area contributed by atoms with Crippen molar-refractivity contribution < 1.29 is 9.59 Å². The van der Waals surface area contributed by atoms with Gasteiger partial charge in [0, 0.05) is 30.9 Å². The molecule has 0 aromatic heterocycles. The third-order valence-corrected chi connectivity index (χ3v) is 4.30. The summed E-state index contributed by atoms with van der Waals surface area (Å²) in [5, 5.41) is 9.06. The Kier molecular flexibility index (Phi) is 6.24. The fourth-order valence-corrected chi connectivity index (χ4v) is 2.96. The highest BCUT2D eigenvalue weighted by Crippen LogP contribution is 2.17. The third kappa shape index (κ3) is 4.36. The second-order valence-corrected chi connectivity index (χ2v) is 5.83. The van der Waals surface area contributed by atoms with E-state index in [2.05, 4.69) is 16.0 Å². The number of hydrogen-bond donors (Lipinski definition) is 3. The fourth-order valence-electron chi connectivity index (χ4n) is 2.96. The lowest BCUT2D eigenvalue weighted by Crippen LogP contribution is -2.28. The first-order valence-electron chi connectivity index (χ1n) is 7.88. The average molecular weight is 339 g/mol. The summed E-state index contributed by atoms with van der Waals surface area (Å²) in [7, 11) is 0. The molecule has 1 aromatic carbocycles. The van der Waals surface area contributed by atoms with Gasteiger partial charge in [-0.2, -0.15) is 0 Å². The van der Waals surface area contributed by atoms with Crippen molar-refractivity contribution in [3.05, 3.63) is 29.8 Å². The van der Waals surface area contributed by atoms with E-state index in [1.165, 1.54) is 6.42 Å². The van der Waals surface area contributed by atoms with Crippen molar-refractivity contribution in [2.45, 2.75) is 12.8 Å². The number of halogens is 1. The van der Waals surface area contributed by atoms with Gasteiger partial charge in [0.1, 0.15) is 0 Å². The Morgan fingerprint density at radius 1 is 1.26 bits per heavy atom. The highest BCUT2D eigenvalue weighted by atomic mass is 35.5. The molecule has 0 bridgehead atoms. The molecule has 23 heavy (non-hydrogen) atoms. The standard InChI is InChI=1S/C16H22N4O2.ClH/c21-15(18-8-6-12-5-7-17-11-12)13-1-3-14(4-2-13)20-10-9-19-16(20)22;/h1-4,12,17H,5-11H2,(H,18,21)(H,19,22);1H. The van der Waals surface area contributed by atoms with Gasteiger partial charge in [0.05, 0.1) is 0 Å². The molecule has 3 N–H and O–H groups in total. The number of benzene rings is 1. The number of nitrogens with zero attached hydrogens (tertiary/aromatic N) is 1. The summed E-state index contributed by atoms with van der Waals surface area (Å²) in [5.74, 6) is 0.625. The van der Waals surface area contributed by atoms with Crippen LogP contribution >= 0.6 is 12.4 Å². The monoisotopic (exact) mass is 338 g/mol. The van der Waals surface area contributed by atoms with E-state index < -0.39 is 0 Å². The molecule has 2 fully saturated rings. The van der Waals surface area contributed by atoms with Crippen LogP contribution in [0.5, 0.6) is 0 Å². The zero-order chi connectivity index (χ0) is 15.4. The van der Waals surface area contributed by atoms with Crippen molar-refractivity contribution >= 4 is 30.0 Å². The molecule has 7 heteroatoms. The minimum absolute atomic E-state index is 0. The van der Waals surface area contributed by atoms with E-state index >= 15 is 0 Å². The molecule has 3 rings (SSSR count). The number of urea groups is 1. The Balaban J connectivity index is 0.00000192. The number of nitrogens with one attached hydrogen (secondary N) is 3. The highest BCUT2D eigenvalue weighted by Gasteiger charge is 2.21. The number of carbonyl (C=O) groups excluding carboxylic acids is 2. The second-order valence-electron chi connectivity index (χ2n) is 5.83. The minimum Gasteiger partial charge on any atom is -0.352 e. The summed E-state index contributed by atoms with van der Waals surface area (Å²) in [5.41, 5.74) is 1.46. The molecule has 6 nitrogen and oxygen atoms in total. The molecule has 3 amide bonds. The smallest absolute Gasteiger partial charge is 0.321 e. The van der Waals surface area contributed by atoms with Crippen LogP contribution in [0.4, 0.5) is 10.5 Å². The van der Waals surface area contributed by atoms with Gasteiger partial charge in [-0.25, -0.2) is 4.79 Å². The van der Waals surface area contributed by atoms with Crippen molar-refractivity contribution in [1.82, 2.24) is 16.0 Å². The first-order valence-corrected chi connectivity index (χ1v) is 7.88. The van der Waals surface area contributed by atoms with Gasteiger partial charge < -0.3 is 16.0 Å². The first kappa shape index (κ1) is 17.6. The SMILES string of the molecule is Cl.O=C(NCCC1CCNC1)c1ccc(N2CCNC2=O)cc1. The largest absolute Gasteiger partial charge is 0.352 e. The summed E-state index contributed by atoms with van der Waals surface area (Å²) in [6.45, 7) is 4.19. The van der Waals surface area contributed by atoms with Crippen LogP contribution in [-0.2, 0) is 0 Å². The maximum Gasteiger partial charge on any atom is 0.321 e. The maximum atomic E-state index is 12.1. The molecule has 1 atom stereocenters. The van der Waals surface area contributed by atoms with E-state index in [0.29, 0.717) is 31.1 Å². The molecule has 0 radical (unpaired) electrons. The summed E-state index contributed by atoms with van der Waals surface area (Å²) in [6.07, 6.45) is 2.22. The molecule has 1 unspecified atom stereocenters. The Hall–Kier alpha value is -1.79. The quantitative estimate of drug-likeness (QED) is 0.759. The molecule has 0 saturated carbocycles. The van der Waals surface area contributed by atoms with Crippen molar-refractivity contribution in [2.24, 2.45) is 5.92 Å². The molecular formula is C16H23ClN4O2. The Morgan fingerprint density at radius 3 is 2.65 bits per heavy atom. The number of amides is 3. The van der Waals surface area contributed by atoms with E-state index in [-0.39, 0.29) is 24.3 Å². The summed E-state index contributed by atoms with van der Waals surface area (Å²) in [4.78, 5) is 25.4. The van der Waals surface area contributed by atoms with Gasteiger partial charge in [-0.15, -0.1) is 12.4 Å². The van der Waals surface area contributed by atoms with Gasteiger partial charge in [-0.3, -0.25) is 9.69 Å². The lowest BCUT2D eigenvalue weighted by atomic mass is 10.1. The molecule has 126 valence electrons. The van der Waals surface area contributed by atoms with E-state index in [4.69, 9.17) is 0 Å². The van der Waals surface area contributed by atoms with Crippen LogP contribution in [0.25, 0.3) is 0 Å². The van der Waals surface area contributed by atoms with Gasteiger partial charge >= 0.3 is 6.03 Å². The normalized spacial score (nSPS) is 20.1. The van der Waals surface area contributed by atoms with E-state index in [1.54, 1.807) is 17.0 Å². The predicted molar refractivity (Wildman–Crippen MR) is 92.4 cm³/mol. The van der Waals surface area contributed by atoms with Crippen LogP contribution in [0.3, 0.4) is 0 Å². The van der Waals surface area contributed by atoms with Crippen LogP contribution in [0.15, 0.2) is 24.3 Å². The number of anilines is 1. The van der Waals surface area contributed by atoms with Gasteiger partial charge in [-0.05, 0) is 56.1 Å². The lowest BCUT2D eigenvalue weighted by Gasteiger charge is -2.14. The molecule has 2 aliphatic rings. The van der Waals surface area contributed by atoms with Crippen LogP contribution in [0, 0.1) is 5.92 Å². The van der Waals surface area contributed by atoms with Crippen LogP contribution < -0.4 is 20.9 Å². The number of hydrogen-bond acceptors (Lipinski definition) is 3. The number of rotatable bonds is 5. The zero-order valence-corrected chi connectivity index (χ0v) is 13.8. The topological polar surface area (TPSA) is 73.5 Å². The molecule has 0 spiro atoms. The van der Waals surface area contributed by atoms with E-state index in [9.17, 15) is 9.59 Å². The molecular weight excluding hydrogens is 316 g/mol. The highest BCUT2D eigenvalue weighted by molar-refractivity contribution is 5.96. The molecule has 0 aliphatic carbocycles. The summed E-state index contributed by atoms with van der Waals surface area (Å²) in [6, 6.07) is 7.10. The van der Waals surface area contributed by atoms with Gasteiger partial charge in [0.15, 0.2) is 0 Å². The summed E-state index contributed by atoms with van der Waals surface area (Å²) >= 11 is 0. The maximum absolute atomic E-state index is 12.1. The average Bonchev–Trinajstić information content (AvgIpc) is 3.19. The molecule has 2 aliphatic heterocycles. The Labute approximate surface area is 142 Å². The predicted octanol–water partition coefficient (Wildman–Crippen LogP) is 1.37. The van der Waals surface area contributed by atoms with Crippen LogP contribution in [0.2, 0.25) is 0 Å². The molecule has 2 heterocycles. The minimum atomic E-state index is -0.0811. The lowest BCUT2D eigenvalue weighted by molar-refractivity contribution is 0.0951. The zero-order valence-electron chi connectivity index (χ0n) is 13.0. The van der Waals surface area contributed by atoms with Crippen molar-refractivity contribution in [2.75, 3.05) is 37.6 Å². The van der Waals surface area contributed by atoms with Crippen molar-refractivity contribution in [1.29, 1.82) is 0 Å². The first-order chi connectivity index (χ1) is 10.7. The van der Waals surface area contributed by atoms with Crippen LogP contribution in [-0.4, -0.2) is 44.7 Å². The van der Waals surface area contributed by atoms with Crippen molar-refractivity contribution in [3.8, 4) is 0 Å². The fraction of sp³-hybridized carbons (Fsp3) is 0.500. The van der Waals surface area contributed by atoms with E-state index in [1.807, 2.05) is 12.1 Å². The summed E-state index contributed by atoms with van der Waals surface area (Å²) < 4.78 is 0. The van der Waals surface area contributed by atoms with Gasteiger partial charge in [0.25, 0.3) is 5.91 Å². The van der Waals surface area contributed by atoms with Crippen molar-refractivity contribution in [3.63, 3.8) is 0 Å². The van der Waals surface area contributed by atoms with E-state index in [0.717, 1.165) is 25.2 Å². The Bertz CT molecular complexity index is 544. The van der Waals surface area contributed by atoms with Gasteiger partial charge in [-0.1, -0.05) is 0 Å². The number of carbonyl (C=O) groups is 2. The van der Waals surface area contributed by atoms with Crippen LogP contribution in [0.1, 0.15) is 23.2 Å². The Morgan fingerprint density at radius 2 is 2.04 bits per heavy atom. The molecule has 1 aromatic rings. The second kappa shape index (κ2) is 8.17.